The minimum atomic E-state index is -3.77. The highest BCUT2D eigenvalue weighted by Gasteiger charge is 2.21. The first kappa shape index (κ1) is 20.7. The van der Waals surface area contributed by atoms with Gasteiger partial charge in [-0.1, -0.05) is 60.7 Å². The smallest absolute Gasteiger partial charge is 0.241 e. The molecule has 0 aromatic heterocycles. The van der Waals surface area contributed by atoms with Crippen molar-refractivity contribution < 1.29 is 13.2 Å². The van der Waals surface area contributed by atoms with E-state index >= 15 is 0 Å². The standard InChI is InChI=1S/C22H23N3O3S/c1-16(22(26)25-19-12-14-20(15-13-19)29(23,27)28)24-21(17-8-4-2-5-9-17)18-10-6-3-7-11-18/h2-16,21,24H,1H3,(H,25,26)(H2,23,27,28). The second kappa shape index (κ2) is 9.00. The Balaban J connectivity index is 1.74. The first-order valence-corrected chi connectivity index (χ1v) is 10.7. The molecule has 150 valence electrons. The van der Waals surface area contributed by atoms with E-state index in [1.807, 2.05) is 60.7 Å². The van der Waals surface area contributed by atoms with Crippen LogP contribution in [-0.4, -0.2) is 20.4 Å². The SMILES string of the molecule is CC(NC(c1ccccc1)c1ccccc1)C(=O)Nc1ccc(S(N)(=O)=O)cc1. The van der Waals surface area contributed by atoms with Crippen molar-refractivity contribution in [2.75, 3.05) is 5.32 Å². The Morgan fingerprint density at radius 3 is 1.76 bits per heavy atom. The van der Waals surface area contributed by atoms with E-state index in [0.717, 1.165) is 11.1 Å². The summed E-state index contributed by atoms with van der Waals surface area (Å²) in [4.78, 5) is 12.7. The second-order valence-electron chi connectivity index (χ2n) is 6.70. The molecule has 6 nitrogen and oxygen atoms in total. The summed E-state index contributed by atoms with van der Waals surface area (Å²) in [6, 6.07) is 24.9. The zero-order valence-corrected chi connectivity index (χ0v) is 16.8. The van der Waals surface area contributed by atoms with E-state index in [1.165, 1.54) is 24.3 Å². The van der Waals surface area contributed by atoms with Crippen molar-refractivity contribution in [2.45, 2.75) is 23.9 Å². The molecule has 1 unspecified atom stereocenters. The Hall–Kier alpha value is -3.00. The highest BCUT2D eigenvalue weighted by atomic mass is 32.2. The molecule has 0 bridgehead atoms. The first-order chi connectivity index (χ1) is 13.8. The zero-order valence-electron chi connectivity index (χ0n) is 15.9. The highest BCUT2D eigenvalue weighted by Crippen LogP contribution is 2.22. The average Bonchev–Trinajstić information content (AvgIpc) is 2.73. The number of nitrogens with two attached hydrogens (primary N) is 1. The molecule has 0 spiro atoms. The van der Waals surface area contributed by atoms with Gasteiger partial charge in [0.25, 0.3) is 0 Å². The van der Waals surface area contributed by atoms with Crippen LogP contribution in [0.1, 0.15) is 24.1 Å². The number of benzene rings is 3. The lowest BCUT2D eigenvalue weighted by Crippen LogP contribution is -2.40. The summed E-state index contributed by atoms with van der Waals surface area (Å²) in [6.45, 7) is 1.78. The molecule has 0 heterocycles. The Labute approximate surface area is 170 Å². The number of hydrogen-bond acceptors (Lipinski definition) is 4. The number of hydrogen-bond donors (Lipinski definition) is 3. The zero-order chi connectivity index (χ0) is 20.9. The Morgan fingerprint density at radius 1 is 0.828 bits per heavy atom. The molecule has 0 saturated heterocycles. The van der Waals surface area contributed by atoms with Crippen LogP contribution in [0.15, 0.2) is 89.8 Å². The number of primary sulfonamides is 1. The Bertz CT molecular complexity index is 1010. The van der Waals surface area contributed by atoms with E-state index in [1.54, 1.807) is 6.92 Å². The van der Waals surface area contributed by atoms with Gasteiger partial charge < -0.3 is 5.32 Å². The lowest BCUT2D eigenvalue weighted by molar-refractivity contribution is -0.117. The summed E-state index contributed by atoms with van der Waals surface area (Å²) in [5, 5.41) is 11.3. The molecule has 4 N–H and O–H groups in total. The van der Waals surface area contributed by atoms with Crippen molar-refractivity contribution >= 4 is 21.6 Å². The van der Waals surface area contributed by atoms with Gasteiger partial charge in [-0.3, -0.25) is 10.1 Å². The second-order valence-corrected chi connectivity index (χ2v) is 8.26. The van der Waals surface area contributed by atoms with Gasteiger partial charge in [0.15, 0.2) is 0 Å². The van der Waals surface area contributed by atoms with Gasteiger partial charge in [-0.2, -0.15) is 0 Å². The van der Waals surface area contributed by atoms with Gasteiger partial charge in [-0.05, 0) is 42.3 Å². The monoisotopic (exact) mass is 409 g/mol. The molecule has 0 radical (unpaired) electrons. The summed E-state index contributed by atoms with van der Waals surface area (Å²) in [7, 11) is -3.77. The predicted octanol–water partition coefficient (Wildman–Crippen LogP) is 3.04. The fourth-order valence-corrected chi connectivity index (χ4v) is 3.50. The maximum absolute atomic E-state index is 12.7. The molecule has 1 amide bonds. The van der Waals surface area contributed by atoms with Crippen molar-refractivity contribution in [1.82, 2.24) is 5.32 Å². The molecule has 3 aromatic rings. The van der Waals surface area contributed by atoms with Gasteiger partial charge in [0.1, 0.15) is 0 Å². The summed E-state index contributed by atoms with van der Waals surface area (Å²) < 4.78 is 22.7. The molecule has 0 saturated carbocycles. The molecule has 3 aromatic carbocycles. The first-order valence-electron chi connectivity index (χ1n) is 9.14. The molecule has 7 heteroatoms. The lowest BCUT2D eigenvalue weighted by atomic mass is 9.98. The van der Waals surface area contributed by atoms with E-state index in [0.29, 0.717) is 5.69 Å². The third kappa shape index (κ3) is 5.51. The fourth-order valence-electron chi connectivity index (χ4n) is 2.98. The van der Waals surface area contributed by atoms with Crippen LogP contribution in [0.25, 0.3) is 0 Å². The highest BCUT2D eigenvalue weighted by molar-refractivity contribution is 7.89. The molecule has 3 rings (SSSR count). The number of sulfonamides is 1. The average molecular weight is 410 g/mol. The van der Waals surface area contributed by atoms with E-state index in [2.05, 4.69) is 10.6 Å². The van der Waals surface area contributed by atoms with Gasteiger partial charge in [0, 0.05) is 5.69 Å². The van der Waals surface area contributed by atoms with Crippen molar-refractivity contribution in [3.8, 4) is 0 Å². The minimum absolute atomic E-state index is 0.00473. The van der Waals surface area contributed by atoms with Crippen molar-refractivity contribution in [3.63, 3.8) is 0 Å². The topological polar surface area (TPSA) is 101 Å². The van der Waals surface area contributed by atoms with Crippen LogP contribution in [0.3, 0.4) is 0 Å². The fraction of sp³-hybridized carbons (Fsp3) is 0.136. The third-order valence-corrected chi connectivity index (χ3v) is 5.46. The van der Waals surface area contributed by atoms with Crippen LogP contribution >= 0.6 is 0 Å². The molecular weight excluding hydrogens is 386 g/mol. The Morgan fingerprint density at radius 2 is 1.31 bits per heavy atom. The molecule has 1 atom stereocenters. The van der Waals surface area contributed by atoms with Gasteiger partial charge >= 0.3 is 0 Å². The molecular formula is C22H23N3O3S. The number of nitrogens with one attached hydrogen (secondary N) is 2. The van der Waals surface area contributed by atoms with Crippen LogP contribution in [-0.2, 0) is 14.8 Å². The van der Waals surface area contributed by atoms with Crippen LogP contribution < -0.4 is 15.8 Å². The normalized spacial score (nSPS) is 12.5. The summed E-state index contributed by atoms with van der Waals surface area (Å²) >= 11 is 0. The van der Waals surface area contributed by atoms with Crippen LogP contribution in [0.5, 0.6) is 0 Å². The molecule has 29 heavy (non-hydrogen) atoms. The molecule has 0 aliphatic heterocycles. The molecule has 0 aliphatic carbocycles. The van der Waals surface area contributed by atoms with Crippen LogP contribution in [0.4, 0.5) is 5.69 Å². The molecule has 0 aliphatic rings. The summed E-state index contributed by atoms with van der Waals surface area (Å²) in [5.41, 5.74) is 2.60. The Kier molecular flexibility index (Phi) is 6.43. The number of carbonyl (C=O) groups is 1. The number of carbonyl (C=O) groups excluding carboxylic acids is 1. The van der Waals surface area contributed by atoms with Gasteiger partial charge in [0.2, 0.25) is 15.9 Å². The maximum atomic E-state index is 12.7. The summed E-state index contributed by atoms with van der Waals surface area (Å²) in [6.07, 6.45) is 0. The van der Waals surface area contributed by atoms with E-state index < -0.39 is 16.1 Å². The van der Waals surface area contributed by atoms with Crippen molar-refractivity contribution in [3.05, 3.63) is 96.1 Å². The number of anilines is 1. The van der Waals surface area contributed by atoms with Crippen molar-refractivity contribution in [1.29, 1.82) is 0 Å². The quantitative estimate of drug-likeness (QED) is 0.558. The van der Waals surface area contributed by atoms with Gasteiger partial charge in [-0.25, -0.2) is 13.6 Å². The largest absolute Gasteiger partial charge is 0.325 e. The molecule has 0 fully saturated rings. The minimum Gasteiger partial charge on any atom is -0.325 e. The van der Waals surface area contributed by atoms with Gasteiger partial charge in [-0.15, -0.1) is 0 Å². The van der Waals surface area contributed by atoms with E-state index in [9.17, 15) is 13.2 Å². The van der Waals surface area contributed by atoms with Crippen LogP contribution in [0, 0.1) is 0 Å². The lowest BCUT2D eigenvalue weighted by Gasteiger charge is -2.24. The number of amides is 1. The van der Waals surface area contributed by atoms with E-state index in [-0.39, 0.29) is 16.8 Å². The van der Waals surface area contributed by atoms with Crippen LogP contribution in [0.2, 0.25) is 0 Å². The summed E-state index contributed by atoms with van der Waals surface area (Å²) in [5.74, 6) is -0.231. The van der Waals surface area contributed by atoms with Crippen molar-refractivity contribution in [2.24, 2.45) is 5.14 Å². The third-order valence-electron chi connectivity index (χ3n) is 4.53. The van der Waals surface area contributed by atoms with E-state index in [4.69, 9.17) is 5.14 Å². The predicted molar refractivity (Wildman–Crippen MR) is 114 cm³/mol. The van der Waals surface area contributed by atoms with Gasteiger partial charge in [0.05, 0.1) is 17.0 Å². The number of rotatable bonds is 7. The maximum Gasteiger partial charge on any atom is 0.241 e.